The molecule has 0 radical (unpaired) electrons. The highest BCUT2D eigenvalue weighted by molar-refractivity contribution is 8.03. The van der Waals surface area contributed by atoms with E-state index in [1.807, 2.05) is 36.1 Å². The lowest BCUT2D eigenvalue weighted by atomic mass is 10.1. The molecule has 2 aliphatic heterocycles. The lowest BCUT2D eigenvalue weighted by Gasteiger charge is -2.36. The van der Waals surface area contributed by atoms with Crippen LogP contribution in [0.4, 0.5) is 13.2 Å². The molecule has 0 aromatic rings. The van der Waals surface area contributed by atoms with Gasteiger partial charge in [-0.2, -0.15) is 13.2 Å². The highest BCUT2D eigenvalue weighted by atomic mass is 32.2. The minimum absolute atomic E-state index is 0.0120. The van der Waals surface area contributed by atoms with E-state index in [1.165, 1.54) is 0 Å². The summed E-state index contributed by atoms with van der Waals surface area (Å²) in [5.41, 5.74) is -2.00. The van der Waals surface area contributed by atoms with Crippen molar-refractivity contribution < 1.29 is 18.0 Å². The first-order valence-corrected chi connectivity index (χ1v) is 13.7. The van der Waals surface area contributed by atoms with E-state index >= 15 is 0 Å². The van der Waals surface area contributed by atoms with Crippen LogP contribution in [0.25, 0.3) is 0 Å². The van der Waals surface area contributed by atoms with Crippen LogP contribution in [-0.4, -0.2) is 89.9 Å². The summed E-state index contributed by atoms with van der Waals surface area (Å²) in [4.78, 5) is 22.2. The number of alkyl halides is 3. The number of amides is 1. The number of hydrogen-bond acceptors (Lipinski definition) is 5. The average Bonchev–Trinajstić information content (AvgIpc) is 3.11. The van der Waals surface area contributed by atoms with Gasteiger partial charge >= 0.3 is 5.51 Å². The fraction of sp³-hybridized carbons (Fsp3) is 0.593. The molecule has 0 saturated carbocycles. The maximum Gasteiger partial charge on any atom is 0.446 e. The zero-order valence-corrected chi connectivity index (χ0v) is 22.1. The molecule has 0 N–H and O–H groups in total. The van der Waals surface area contributed by atoms with Crippen molar-refractivity contribution in [3.63, 3.8) is 0 Å². The Kier molecular flexibility index (Phi) is 11.0. The molecular weight excluding hydrogens is 485 g/mol. The quantitative estimate of drug-likeness (QED) is 0.378. The molecule has 0 spiro atoms. The third-order valence-electron chi connectivity index (χ3n) is 6.86. The molecule has 0 aromatic heterocycles. The van der Waals surface area contributed by atoms with Crippen LogP contribution in [-0.2, 0) is 4.79 Å². The highest BCUT2D eigenvalue weighted by Gasteiger charge is 2.31. The van der Waals surface area contributed by atoms with Gasteiger partial charge in [-0.15, -0.1) is 0 Å². The van der Waals surface area contributed by atoms with Crippen LogP contribution in [0, 0.1) is 0 Å². The number of rotatable bonds is 9. The Hall–Kier alpha value is -2.13. The molecule has 0 atom stereocenters. The minimum Gasteiger partial charge on any atom is -0.373 e. The number of nitrogens with zero attached hydrogens (tertiary/aromatic N) is 4. The predicted octanol–water partition coefficient (Wildman–Crippen LogP) is 5.38. The topological polar surface area (TPSA) is 30.0 Å². The van der Waals surface area contributed by atoms with Crippen LogP contribution in [0.2, 0.25) is 0 Å². The van der Waals surface area contributed by atoms with Gasteiger partial charge in [0, 0.05) is 70.2 Å². The largest absolute Gasteiger partial charge is 0.446 e. The molecule has 2 heterocycles. The van der Waals surface area contributed by atoms with Gasteiger partial charge in [-0.25, -0.2) is 0 Å². The molecule has 9 heteroatoms. The predicted molar refractivity (Wildman–Crippen MR) is 142 cm³/mol. The summed E-state index contributed by atoms with van der Waals surface area (Å²) in [5, 5.41) is 0. The smallest absolute Gasteiger partial charge is 0.373 e. The first-order valence-electron chi connectivity index (χ1n) is 12.9. The van der Waals surface area contributed by atoms with Gasteiger partial charge in [0.2, 0.25) is 5.91 Å². The third-order valence-corrected chi connectivity index (χ3v) is 7.70. The first-order chi connectivity index (χ1) is 17.3. The standard InChI is InChI=1S/C27H39F3N4OS/c1-3-5-8-23(4-2)33-19-17-31(18-20-33)14-6-9-26(35)34-16-7-15-32(21-22-34)24-10-12-25(13-11-24)36-27(28,29)30/h3-5,8,10,12H,2,6-7,9,11,13-22H2,1H3/b5-3-,23-8+. The van der Waals surface area contributed by atoms with Crippen LogP contribution >= 0.6 is 11.8 Å². The van der Waals surface area contributed by atoms with Gasteiger partial charge < -0.3 is 14.7 Å². The Morgan fingerprint density at radius 3 is 2.42 bits per heavy atom. The lowest BCUT2D eigenvalue weighted by Crippen LogP contribution is -2.46. The Bertz CT molecular complexity index is 873. The number of allylic oxidation sites excluding steroid dienone is 8. The van der Waals surface area contributed by atoms with Crippen molar-refractivity contribution in [3.8, 4) is 0 Å². The lowest BCUT2D eigenvalue weighted by molar-refractivity contribution is -0.131. The van der Waals surface area contributed by atoms with Crippen molar-refractivity contribution in [2.75, 3.05) is 58.9 Å². The average molecular weight is 525 g/mol. The molecular formula is C27H39F3N4OS. The van der Waals surface area contributed by atoms with E-state index in [9.17, 15) is 18.0 Å². The maximum atomic E-state index is 12.9. The number of hydrogen-bond donors (Lipinski definition) is 0. The molecule has 0 aromatic carbocycles. The molecule has 5 nitrogen and oxygen atoms in total. The van der Waals surface area contributed by atoms with E-state index in [0.717, 1.165) is 76.6 Å². The van der Waals surface area contributed by atoms with Crippen molar-refractivity contribution >= 4 is 17.7 Å². The molecule has 36 heavy (non-hydrogen) atoms. The van der Waals surface area contributed by atoms with E-state index in [2.05, 4.69) is 27.4 Å². The molecule has 1 amide bonds. The van der Waals surface area contributed by atoms with Gasteiger partial charge in [-0.1, -0.05) is 24.8 Å². The van der Waals surface area contributed by atoms with E-state index in [0.29, 0.717) is 30.7 Å². The molecule has 2 fully saturated rings. The van der Waals surface area contributed by atoms with Gasteiger partial charge in [0.25, 0.3) is 0 Å². The van der Waals surface area contributed by atoms with Gasteiger partial charge in [-0.3, -0.25) is 9.69 Å². The van der Waals surface area contributed by atoms with Gasteiger partial charge in [0.05, 0.1) is 0 Å². The number of thioether (sulfide) groups is 1. The van der Waals surface area contributed by atoms with Crippen molar-refractivity contribution in [3.05, 3.63) is 59.3 Å². The number of halogens is 3. The summed E-state index contributed by atoms with van der Waals surface area (Å²) in [6, 6.07) is 0. The van der Waals surface area contributed by atoms with Gasteiger partial charge in [0.1, 0.15) is 0 Å². The van der Waals surface area contributed by atoms with Crippen LogP contribution in [0.5, 0.6) is 0 Å². The van der Waals surface area contributed by atoms with Crippen molar-refractivity contribution in [2.24, 2.45) is 0 Å². The monoisotopic (exact) mass is 524 g/mol. The molecule has 0 bridgehead atoms. The molecule has 3 rings (SSSR count). The zero-order chi connectivity index (χ0) is 26.0. The van der Waals surface area contributed by atoms with Crippen molar-refractivity contribution in [2.45, 2.75) is 44.5 Å². The van der Waals surface area contributed by atoms with Crippen molar-refractivity contribution in [1.82, 2.24) is 19.6 Å². The zero-order valence-electron chi connectivity index (χ0n) is 21.3. The minimum atomic E-state index is -4.23. The normalized spacial score (nSPS) is 20.9. The van der Waals surface area contributed by atoms with Crippen LogP contribution in [0.15, 0.2) is 59.3 Å². The molecule has 1 aliphatic carbocycles. The Morgan fingerprint density at radius 2 is 1.78 bits per heavy atom. The van der Waals surface area contributed by atoms with E-state index < -0.39 is 5.51 Å². The van der Waals surface area contributed by atoms with Crippen molar-refractivity contribution in [1.29, 1.82) is 0 Å². The second-order valence-corrected chi connectivity index (χ2v) is 10.5. The first kappa shape index (κ1) is 28.4. The number of carbonyl (C=O) groups is 1. The van der Waals surface area contributed by atoms with E-state index in [-0.39, 0.29) is 17.7 Å². The molecule has 2 saturated heterocycles. The van der Waals surface area contributed by atoms with Crippen LogP contribution in [0.3, 0.4) is 0 Å². The van der Waals surface area contributed by atoms with Crippen LogP contribution in [0.1, 0.15) is 39.0 Å². The summed E-state index contributed by atoms with van der Waals surface area (Å²) in [7, 11) is 0. The summed E-state index contributed by atoms with van der Waals surface area (Å²) in [6.45, 7) is 13.8. The molecule has 200 valence electrons. The summed E-state index contributed by atoms with van der Waals surface area (Å²) in [5.74, 6) is 0.208. The SMILES string of the molecule is C=C/C(=C\C=C/C)N1CCN(CCCC(=O)N2CCCN(C3=CC=C(SC(F)(F)F)CC3)CC2)CC1. The van der Waals surface area contributed by atoms with E-state index in [1.54, 1.807) is 6.08 Å². The fourth-order valence-corrected chi connectivity index (χ4v) is 5.53. The highest BCUT2D eigenvalue weighted by Crippen LogP contribution is 2.40. The number of piperazine rings is 1. The maximum absolute atomic E-state index is 12.9. The van der Waals surface area contributed by atoms with Gasteiger partial charge in [-0.05, 0) is 74.0 Å². The third kappa shape index (κ3) is 9.07. The summed E-state index contributed by atoms with van der Waals surface area (Å²) >= 11 is -0.0120. The van der Waals surface area contributed by atoms with Gasteiger partial charge in [0.15, 0.2) is 0 Å². The number of carbonyl (C=O) groups excluding carboxylic acids is 1. The Morgan fingerprint density at radius 1 is 1.03 bits per heavy atom. The van der Waals surface area contributed by atoms with E-state index in [4.69, 9.17) is 0 Å². The molecule has 3 aliphatic rings. The molecule has 0 unspecified atom stereocenters. The summed E-state index contributed by atoms with van der Waals surface area (Å²) in [6.07, 6.45) is 14.8. The second kappa shape index (κ2) is 14.0. The fourth-order valence-electron chi connectivity index (χ4n) is 4.90. The summed E-state index contributed by atoms with van der Waals surface area (Å²) < 4.78 is 37.8. The Labute approximate surface area is 218 Å². The Balaban J connectivity index is 1.37. The van der Waals surface area contributed by atoms with Crippen LogP contribution < -0.4 is 0 Å². The second-order valence-electron chi connectivity index (χ2n) is 9.31.